The molecule has 0 bridgehead atoms. The molecular weight excluding hydrogens is 271 g/mol. The SMILES string of the molecule is CCC(=O)C(c1cc(Cl)c(OC)c(Cl)c1)C(C)C. The van der Waals surface area contributed by atoms with Crippen LogP contribution < -0.4 is 4.74 Å². The van der Waals surface area contributed by atoms with E-state index in [-0.39, 0.29) is 17.6 Å². The zero-order chi connectivity index (χ0) is 13.9. The Morgan fingerprint density at radius 3 is 2.11 bits per heavy atom. The number of benzene rings is 1. The molecule has 100 valence electrons. The molecule has 0 fully saturated rings. The number of hydrogen-bond acceptors (Lipinski definition) is 2. The minimum atomic E-state index is -0.170. The average Bonchev–Trinajstić information content (AvgIpc) is 2.28. The molecule has 0 aliphatic rings. The Morgan fingerprint density at radius 1 is 1.28 bits per heavy atom. The van der Waals surface area contributed by atoms with Gasteiger partial charge in [-0.1, -0.05) is 44.0 Å². The van der Waals surface area contributed by atoms with Crippen molar-refractivity contribution < 1.29 is 9.53 Å². The van der Waals surface area contributed by atoms with Gasteiger partial charge in [0.1, 0.15) is 5.78 Å². The molecule has 0 aliphatic carbocycles. The highest BCUT2D eigenvalue weighted by Gasteiger charge is 2.24. The molecule has 18 heavy (non-hydrogen) atoms. The van der Waals surface area contributed by atoms with E-state index in [0.29, 0.717) is 22.2 Å². The van der Waals surface area contributed by atoms with Gasteiger partial charge in [0.2, 0.25) is 0 Å². The Bertz CT molecular complexity index is 418. The number of carbonyl (C=O) groups is 1. The Kier molecular flexibility index (Phi) is 5.48. The highest BCUT2D eigenvalue weighted by Crippen LogP contribution is 2.38. The van der Waals surface area contributed by atoms with Crippen LogP contribution in [-0.2, 0) is 4.79 Å². The van der Waals surface area contributed by atoms with Crippen molar-refractivity contribution >= 4 is 29.0 Å². The summed E-state index contributed by atoms with van der Waals surface area (Å²) in [5.41, 5.74) is 0.854. The zero-order valence-electron chi connectivity index (χ0n) is 11.1. The van der Waals surface area contributed by atoms with Gasteiger partial charge in [-0.15, -0.1) is 0 Å². The van der Waals surface area contributed by atoms with Crippen molar-refractivity contribution in [3.63, 3.8) is 0 Å². The monoisotopic (exact) mass is 288 g/mol. The number of ketones is 1. The summed E-state index contributed by atoms with van der Waals surface area (Å²) in [6, 6.07) is 3.54. The van der Waals surface area contributed by atoms with Crippen LogP contribution in [0.5, 0.6) is 5.75 Å². The van der Waals surface area contributed by atoms with Gasteiger partial charge in [-0.05, 0) is 23.6 Å². The van der Waals surface area contributed by atoms with Crippen LogP contribution in [0.25, 0.3) is 0 Å². The van der Waals surface area contributed by atoms with E-state index in [1.807, 2.05) is 20.8 Å². The van der Waals surface area contributed by atoms with Crippen LogP contribution in [0.2, 0.25) is 10.0 Å². The van der Waals surface area contributed by atoms with Gasteiger partial charge in [-0.2, -0.15) is 0 Å². The summed E-state index contributed by atoms with van der Waals surface area (Å²) in [4.78, 5) is 12.0. The largest absolute Gasteiger partial charge is 0.494 e. The lowest BCUT2D eigenvalue weighted by Gasteiger charge is -2.21. The summed E-state index contributed by atoms with van der Waals surface area (Å²) >= 11 is 12.2. The Morgan fingerprint density at radius 2 is 1.78 bits per heavy atom. The molecule has 0 radical (unpaired) electrons. The first-order valence-corrected chi connectivity index (χ1v) is 6.73. The molecule has 1 aromatic carbocycles. The minimum absolute atomic E-state index is 0.170. The number of halogens is 2. The third-order valence-corrected chi connectivity index (χ3v) is 3.51. The van der Waals surface area contributed by atoms with Gasteiger partial charge >= 0.3 is 0 Å². The molecule has 0 saturated carbocycles. The van der Waals surface area contributed by atoms with E-state index in [2.05, 4.69) is 0 Å². The van der Waals surface area contributed by atoms with E-state index in [4.69, 9.17) is 27.9 Å². The second kappa shape index (κ2) is 6.44. The van der Waals surface area contributed by atoms with Crippen LogP contribution in [0.1, 0.15) is 38.7 Å². The maximum absolute atomic E-state index is 12.0. The molecule has 4 heteroatoms. The summed E-state index contributed by atoms with van der Waals surface area (Å²) in [6.07, 6.45) is 0.504. The molecule has 0 N–H and O–H groups in total. The number of Topliss-reactive ketones (excluding diaryl/α,β-unsaturated/α-hetero) is 1. The smallest absolute Gasteiger partial charge is 0.156 e. The molecular formula is C14H18Cl2O2. The summed E-state index contributed by atoms with van der Waals surface area (Å²) in [5.74, 6) is 0.685. The molecule has 0 saturated heterocycles. The van der Waals surface area contributed by atoms with Crippen LogP contribution >= 0.6 is 23.2 Å². The lowest BCUT2D eigenvalue weighted by Crippen LogP contribution is -2.17. The maximum Gasteiger partial charge on any atom is 0.156 e. The molecule has 0 aliphatic heterocycles. The molecule has 0 heterocycles. The molecule has 1 unspecified atom stereocenters. The molecule has 2 nitrogen and oxygen atoms in total. The van der Waals surface area contributed by atoms with Crippen LogP contribution in [0.15, 0.2) is 12.1 Å². The topological polar surface area (TPSA) is 26.3 Å². The quantitative estimate of drug-likeness (QED) is 0.784. The Hall–Kier alpha value is -0.730. The molecule has 0 spiro atoms. The highest BCUT2D eigenvalue weighted by molar-refractivity contribution is 6.37. The van der Waals surface area contributed by atoms with Gasteiger partial charge in [0.05, 0.1) is 17.2 Å². The summed E-state index contributed by atoms with van der Waals surface area (Å²) in [5, 5.41) is 0.879. The Labute approximate surface area is 118 Å². The van der Waals surface area contributed by atoms with Crippen LogP contribution in [0.4, 0.5) is 0 Å². The van der Waals surface area contributed by atoms with E-state index in [0.717, 1.165) is 5.56 Å². The first kappa shape index (κ1) is 15.3. The highest BCUT2D eigenvalue weighted by atomic mass is 35.5. The van der Waals surface area contributed by atoms with Crippen molar-refractivity contribution in [2.24, 2.45) is 5.92 Å². The van der Waals surface area contributed by atoms with Crippen LogP contribution in [0.3, 0.4) is 0 Å². The second-order valence-electron chi connectivity index (χ2n) is 4.56. The number of methoxy groups -OCH3 is 1. The van der Waals surface area contributed by atoms with Gasteiger partial charge in [0, 0.05) is 12.3 Å². The standard InChI is InChI=1S/C14H18Cl2O2/c1-5-12(17)13(8(2)3)9-6-10(15)14(18-4)11(16)7-9/h6-8,13H,5H2,1-4H3. The van der Waals surface area contributed by atoms with Gasteiger partial charge in [0.15, 0.2) is 5.75 Å². The van der Waals surface area contributed by atoms with Gasteiger partial charge in [-0.3, -0.25) is 4.79 Å². The number of rotatable bonds is 5. The molecule has 1 rings (SSSR count). The predicted molar refractivity (Wildman–Crippen MR) is 75.9 cm³/mol. The molecule has 0 amide bonds. The number of carbonyl (C=O) groups excluding carboxylic acids is 1. The van der Waals surface area contributed by atoms with Gasteiger partial charge in [-0.25, -0.2) is 0 Å². The van der Waals surface area contributed by atoms with E-state index < -0.39 is 0 Å². The predicted octanol–water partition coefficient (Wildman–Crippen LogP) is 4.72. The number of hydrogen-bond donors (Lipinski definition) is 0. The lowest BCUT2D eigenvalue weighted by molar-refractivity contribution is -0.121. The van der Waals surface area contributed by atoms with Crippen molar-refractivity contribution in [1.29, 1.82) is 0 Å². The first-order chi connectivity index (χ1) is 8.42. The Balaban J connectivity index is 3.26. The van der Waals surface area contributed by atoms with E-state index in [1.54, 1.807) is 12.1 Å². The van der Waals surface area contributed by atoms with Crippen molar-refractivity contribution in [3.05, 3.63) is 27.7 Å². The van der Waals surface area contributed by atoms with Gasteiger partial charge < -0.3 is 4.74 Å². The van der Waals surface area contributed by atoms with Crippen LogP contribution in [0, 0.1) is 5.92 Å². The zero-order valence-corrected chi connectivity index (χ0v) is 12.6. The maximum atomic E-state index is 12.0. The molecule has 0 aromatic heterocycles. The first-order valence-electron chi connectivity index (χ1n) is 5.98. The number of ether oxygens (including phenoxy) is 1. The lowest BCUT2D eigenvalue weighted by atomic mass is 9.84. The molecule has 1 atom stereocenters. The fraction of sp³-hybridized carbons (Fsp3) is 0.500. The van der Waals surface area contributed by atoms with Crippen molar-refractivity contribution in [2.75, 3.05) is 7.11 Å². The fourth-order valence-electron chi connectivity index (χ4n) is 2.12. The van der Waals surface area contributed by atoms with Crippen molar-refractivity contribution in [3.8, 4) is 5.75 Å². The summed E-state index contributed by atoms with van der Waals surface area (Å²) in [6.45, 7) is 5.90. The summed E-state index contributed by atoms with van der Waals surface area (Å²) < 4.78 is 5.11. The van der Waals surface area contributed by atoms with E-state index >= 15 is 0 Å². The van der Waals surface area contributed by atoms with Crippen molar-refractivity contribution in [1.82, 2.24) is 0 Å². The average molecular weight is 289 g/mol. The van der Waals surface area contributed by atoms with E-state index in [9.17, 15) is 4.79 Å². The van der Waals surface area contributed by atoms with E-state index in [1.165, 1.54) is 7.11 Å². The minimum Gasteiger partial charge on any atom is -0.494 e. The second-order valence-corrected chi connectivity index (χ2v) is 5.37. The third-order valence-electron chi connectivity index (χ3n) is 2.95. The molecule has 1 aromatic rings. The summed E-state index contributed by atoms with van der Waals surface area (Å²) in [7, 11) is 1.52. The third kappa shape index (κ3) is 3.18. The van der Waals surface area contributed by atoms with Gasteiger partial charge in [0.25, 0.3) is 0 Å². The normalized spacial score (nSPS) is 12.6. The van der Waals surface area contributed by atoms with Crippen molar-refractivity contribution in [2.45, 2.75) is 33.1 Å². The van der Waals surface area contributed by atoms with Crippen LogP contribution in [-0.4, -0.2) is 12.9 Å². The fourth-order valence-corrected chi connectivity index (χ4v) is 2.77.